The van der Waals surface area contributed by atoms with E-state index in [2.05, 4.69) is 11.5 Å². The molecule has 1 saturated carbocycles. The first-order chi connectivity index (χ1) is 14.7. The number of alkyl halides is 3. The van der Waals surface area contributed by atoms with Crippen LogP contribution in [0.4, 0.5) is 18.9 Å². The van der Waals surface area contributed by atoms with Gasteiger partial charge in [0.15, 0.2) is 0 Å². The van der Waals surface area contributed by atoms with Crippen LogP contribution in [-0.2, 0) is 4.74 Å². The van der Waals surface area contributed by atoms with Crippen molar-refractivity contribution in [2.75, 3.05) is 0 Å². The molecule has 1 unspecified atom stereocenters. The van der Waals surface area contributed by atoms with E-state index in [-0.39, 0.29) is 40.7 Å². The Morgan fingerprint density at radius 3 is 1.88 bits per heavy atom. The lowest BCUT2D eigenvalue weighted by molar-refractivity contribution is -0.384. The Kier molecular flexibility index (Phi) is 7.50. The predicted molar refractivity (Wildman–Crippen MR) is 119 cm³/mol. The number of nitrogens with zero attached hydrogens (tertiary/aromatic N) is 1. The van der Waals surface area contributed by atoms with Gasteiger partial charge < -0.3 is 4.74 Å². The molecule has 1 aliphatic carbocycles. The van der Waals surface area contributed by atoms with E-state index in [0.717, 1.165) is 24.3 Å². The van der Waals surface area contributed by atoms with Crippen molar-refractivity contribution in [3.05, 3.63) is 39.9 Å². The fourth-order valence-corrected chi connectivity index (χ4v) is 9.89. The van der Waals surface area contributed by atoms with Crippen molar-refractivity contribution in [1.29, 1.82) is 0 Å². The summed E-state index contributed by atoms with van der Waals surface area (Å²) in [7, 11) is -2.51. The lowest BCUT2D eigenvalue weighted by Crippen LogP contribution is -2.51. The number of rotatable bonds is 7. The van der Waals surface area contributed by atoms with Gasteiger partial charge >= 0.3 is 12.1 Å². The van der Waals surface area contributed by atoms with Gasteiger partial charge in [-0.3, -0.25) is 10.1 Å². The van der Waals surface area contributed by atoms with Crippen LogP contribution >= 0.6 is 0 Å². The highest BCUT2D eigenvalue weighted by atomic mass is 28.3. The maximum atomic E-state index is 14.4. The minimum atomic E-state index is -4.87. The third-order valence-electron chi connectivity index (χ3n) is 6.47. The molecule has 9 heteroatoms. The topological polar surface area (TPSA) is 69.4 Å². The van der Waals surface area contributed by atoms with Crippen molar-refractivity contribution in [3.63, 3.8) is 0 Å². The van der Waals surface area contributed by atoms with Gasteiger partial charge in [0.2, 0.25) is 0 Å². The molecule has 1 atom stereocenters. The summed E-state index contributed by atoms with van der Waals surface area (Å²) in [6, 6.07) is 4.31. The van der Waals surface area contributed by atoms with Crippen LogP contribution in [0.15, 0.2) is 24.3 Å². The summed E-state index contributed by atoms with van der Waals surface area (Å²) in [5.74, 6) is 0.374. The lowest BCUT2D eigenvalue weighted by Gasteiger charge is -2.39. The quantitative estimate of drug-likeness (QED) is 0.147. The SMILES string of the molecule is CC(C)[Si](C#CC(OC(=O)c1ccc([N+](=O)[O-])cc1)(C1CC1)C(F)(F)F)(C(C)C)C(C)C. The zero-order chi connectivity index (χ0) is 24.5. The molecule has 1 fully saturated rings. The predicted octanol–water partition coefficient (Wildman–Crippen LogP) is 6.68. The van der Waals surface area contributed by atoms with Crippen LogP contribution in [-0.4, -0.2) is 30.7 Å². The molecule has 1 aromatic carbocycles. The first-order valence-electron chi connectivity index (χ1n) is 10.8. The number of carbonyl (C=O) groups is 1. The highest BCUT2D eigenvalue weighted by molar-refractivity contribution is 6.90. The zero-order valence-corrected chi connectivity index (χ0v) is 20.2. The van der Waals surface area contributed by atoms with Crippen LogP contribution in [0.25, 0.3) is 0 Å². The second-order valence-corrected chi connectivity index (χ2v) is 14.9. The molecule has 5 nitrogen and oxygen atoms in total. The Morgan fingerprint density at radius 1 is 1.06 bits per heavy atom. The minimum Gasteiger partial charge on any atom is -0.432 e. The summed E-state index contributed by atoms with van der Waals surface area (Å²) in [6.07, 6.45) is -4.34. The van der Waals surface area contributed by atoms with Crippen molar-refractivity contribution in [1.82, 2.24) is 0 Å². The molecule has 1 aliphatic rings. The first kappa shape index (κ1) is 25.9. The van der Waals surface area contributed by atoms with Gasteiger partial charge in [0.1, 0.15) is 8.07 Å². The lowest BCUT2D eigenvalue weighted by atomic mass is 9.97. The van der Waals surface area contributed by atoms with Gasteiger partial charge in [0.25, 0.3) is 11.3 Å². The number of hydrogen-bond donors (Lipinski definition) is 0. The molecule has 1 aromatic rings. The first-order valence-corrected chi connectivity index (χ1v) is 13.0. The Morgan fingerprint density at radius 2 is 1.53 bits per heavy atom. The Labute approximate surface area is 187 Å². The molecule has 0 heterocycles. The van der Waals surface area contributed by atoms with E-state index in [1.54, 1.807) is 0 Å². The van der Waals surface area contributed by atoms with Gasteiger partial charge in [0, 0.05) is 18.1 Å². The van der Waals surface area contributed by atoms with Crippen molar-refractivity contribution >= 4 is 19.7 Å². The molecule has 176 valence electrons. The highest BCUT2D eigenvalue weighted by Gasteiger charge is 2.65. The molecule has 0 aromatic heterocycles. The number of esters is 1. The molecule has 0 bridgehead atoms. The van der Waals surface area contributed by atoms with Gasteiger partial charge in [-0.05, 0) is 41.6 Å². The van der Waals surface area contributed by atoms with Crippen LogP contribution in [0.2, 0.25) is 16.6 Å². The summed E-state index contributed by atoms with van der Waals surface area (Å²) < 4.78 is 48.5. The van der Waals surface area contributed by atoms with E-state index >= 15 is 0 Å². The van der Waals surface area contributed by atoms with E-state index < -0.39 is 36.7 Å². The molecule has 0 saturated heterocycles. The zero-order valence-electron chi connectivity index (χ0n) is 19.2. The molecule has 0 amide bonds. The number of hydrogen-bond acceptors (Lipinski definition) is 4. The van der Waals surface area contributed by atoms with Crippen LogP contribution in [0.3, 0.4) is 0 Å². The van der Waals surface area contributed by atoms with Crippen molar-refractivity contribution in [3.8, 4) is 11.5 Å². The van der Waals surface area contributed by atoms with E-state index in [1.807, 2.05) is 41.5 Å². The highest BCUT2D eigenvalue weighted by Crippen LogP contribution is 2.51. The second-order valence-electron chi connectivity index (χ2n) is 9.35. The largest absolute Gasteiger partial charge is 0.440 e. The molecule has 0 spiro atoms. The van der Waals surface area contributed by atoms with Gasteiger partial charge in [-0.15, -0.1) is 5.54 Å². The fraction of sp³-hybridized carbons (Fsp3) is 0.609. The average Bonchev–Trinajstić information content (AvgIpc) is 3.51. The standard InChI is InChI=1S/C23H30F3NO4Si/c1-15(2)32(16(3)4,17(5)6)14-13-22(19-9-10-19,23(24,25)26)31-21(28)18-7-11-20(12-8-18)27(29)30/h7-8,11-12,15-17,19H,9-10H2,1-6H3. The Hall–Kier alpha value is -2.34. The van der Waals surface area contributed by atoms with Gasteiger partial charge in [-0.1, -0.05) is 47.5 Å². The number of halogens is 3. The summed E-state index contributed by atoms with van der Waals surface area (Å²) in [4.78, 5) is 22.9. The van der Waals surface area contributed by atoms with Crippen molar-refractivity contribution in [2.45, 2.75) is 82.8 Å². The van der Waals surface area contributed by atoms with E-state index in [0.29, 0.717) is 0 Å². The number of nitro groups is 1. The minimum absolute atomic E-state index is 0.116. The van der Waals surface area contributed by atoms with Crippen molar-refractivity contribution < 1.29 is 27.6 Å². The van der Waals surface area contributed by atoms with E-state index in [1.165, 1.54) is 0 Å². The molecule has 0 aliphatic heterocycles. The molecule has 32 heavy (non-hydrogen) atoms. The van der Waals surface area contributed by atoms with Gasteiger partial charge in [-0.2, -0.15) is 13.2 Å². The van der Waals surface area contributed by atoms with Gasteiger partial charge in [0.05, 0.1) is 10.5 Å². The Balaban J connectivity index is 2.56. The molecule has 0 radical (unpaired) electrons. The number of ether oxygens (including phenoxy) is 1. The third kappa shape index (κ3) is 4.85. The van der Waals surface area contributed by atoms with Crippen LogP contribution in [0.1, 0.15) is 64.7 Å². The van der Waals surface area contributed by atoms with Crippen molar-refractivity contribution in [2.24, 2.45) is 5.92 Å². The summed E-state index contributed by atoms with van der Waals surface area (Å²) in [5.41, 5.74) is 0.0868. The molecule has 0 N–H and O–H groups in total. The summed E-state index contributed by atoms with van der Waals surface area (Å²) in [6.45, 7) is 12.0. The number of non-ortho nitro benzene ring substituents is 1. The molecular formula is C23H30F3NO4Si. The maximum absolute atomic E-state index is 14.4. The maximum Gasteiger partial charge on any atom is 0.440 e. The Bertz CT molecular complexity index is 890. The van der Waals surface area contributed by atoms with Crippen LogP contribution < -0.4 is 0 Å². The summed E-state index contributed by atoms with van der Waals surface area (Å²) >= 11 is 0. The molecule has 2 rings (SSSR count). The number of benzene rings is 1. The average molecular weight is 470 g/mol. The normalized spacial score (nSPS) is 16.5. The third-order valence-corrected chi connectivity index (χ3v) is 12.8. The second kappa shape index (κ2) is 9.26. The monoisotopic (exact) mass is 469 g/mol. The smallest absolute Gasteiger partial charge is 0.432 e. The van der Waals surface area contributed by atoms with Crippen LogP contribution in [0.5, 0.6) is 0 Å². The summed E-state index contributed by atoms with van der Waals surface area (Å²) in [5, 5.41) is 10.8. The van der Waals surface area contributed by atoms with Gasteiger partial charge in [-0.25, -0.2) is 4.79 Å². The van der Waals surface area contributed by atoms with E-state index in [9.17, 15) is 28.1 Å². The molecular weight excluding hydrogens is 439 g/mol. The number of nitro benzene ring substituents is 1. The van der Waals surface area contributed by atoms with E-state index in [4.69, 9.17) is 4.74 Å². The fourth-order valence-electron chi connectivity index (χ4n) is 4.62. The number of carbonyl (C=O) groups excluding carboxylic acids is 1. The van der Waals surface area contributed by atoms with Crippen LogP contribution in [0, 0.1) is 27.5 Å².